The first-order valence-corrected chi connectivity index (χ1v) is 8.16. The molecule has 0 amide bonds. The summed E-state index contributed by atoms with van der Waals surface area (Å²) in [6.07, 6.45) is -2.03. The van der Waals surface area contributed by atoms with Crippen molar-refractivity contribution in [1.82, 2.24) is 5.32 Å². The molecule has 7 heteroatoms. The van der Waals surface area contributed by atoms with Crippen LogP contribution in [0, 0.1) is 5.82 Å². The average molecular weight is 303 g/mol. The van der Waals surface area contributed by atoms with Gasteiger partial charge in [0.1, 0.15) is 12.2 Å². The molecule has 0 aliphatic carbocycles. The lowest BCUT2D eigenvalue weighted by Gasteiger charge is -2.17. The first-order valence-electron chi connectivity index (χ1n) is 6.34. The highest BCUT2D eigenvalue weighted by atomic mass is 32.2. The zero-order valence-electron chi connectivity index (χ0n) is 11.3. The van der Waals surface area contributed by atoms with Crippen molar-refractivity contribution in [2.24, 2.45) is 0 Å². The number of sulfone groups is 1. The maximum atomic E-state index is 13.9. The number of hydrogen-bond donors (Lipinski definition) is 2. The Hall–Kier alpha value is -1.18. The van der Waals surface area contributed by atoms with Crippen LogP contribution in [0.3, 0.4) is 0 Å². The van der Waals surface area contributed by atoms with Crippen LogP contribution in [0.2, 0.25) is 0 Å². The summed E-state index contributed by atoms with van der Waals surface area (Å²) in [6, 6.07) is 4.49. The summed E-state index contributed by atoms with van der Waals surface area (Å²) in [6.45, 7) is 1.89. The summed E-state index contributed by atoms with van der Waals surface area (Å²) in [5, 5.41) is 12.6. The van der Waals surface area contributed by atoms with Crippen LogP contribution in [0.15, 0.2) is 18.2 Å². The van der Waals surface area contributed by atoms with Crippen LogP contribution in [-0.4, -0.2) is 44.3 Å². The molecule has 0 spiro atoms. The summed E-state index contributed by atoms with van der Waals surface area (Å²) in [7, 11) is -1.54. The second-order valence-corrected chi connectivity index (χ2v) is 7.15. The van der Waals surface area contributed by atoms with E-state index in [-0.39, 0.29) is 23.3 Å². The third-order valence-electron chi connectivity index (χ3n) is 3.44. The van der Waals surface area contributed by atoms with Crippen molar-refractivity contribution < 1.29 is 22.7 Å². The van der Waals surface area contributed by atoms with E-state index in [1.54, 1.807) is 13.1 Å². The lowest BCUT2D eigenvalue weighted by molar-refractivity contribution is 0.0710. The fourth-order valence-corrected chi connectivity index (χ4v) is 3.78. The molecular weight excluding hydrogens is 285 g/mol. The number of benzene rings is 1. The van der Waals surface area contributed by atoms with Gasteiger partial charge in [0.25, 0.3) is 0 Å². The first-order chi connectivity index (χ1) is 9.32. The van der Waals surface area contributed by atoms with E-state index in [1.807, 2.05) is 6.92 Å². The van der Waals surface area contributed by atoms with Crippen molar-refractivity contribution in [1.29, 1.82) is 0 Å². The zero-order chi connectivity index (χ0) is 14.9. The molecule has 2 N–H and O–H groups in total. The lowest BCUT2D eigenvalue weighted by Crippen LogP contribution is -2.30. The number of nitrogens with one attached hydrogen (secondary N) is 1. The lowest BCUT2D eigenvalue weighted by atomic mass is 10.1. The summed E-state index contributed by atoms with van der Waals surface area (Å²) >= 11 is 0. The normalized spacial score (nSPS) is 26.4. The maximum absolute atomic E-state index is 13.9. The van der Waals surface area contributed by atoms with Gasteiger partial charge in [0.2, 0.25) is 0 Å². The monoisotopic (exact) mass is 303 g/mol. The Morgan fingerprint density at radius 2 is 2.15 bits per heavy atom. The quantitative estimate of drug-likeness (QED) is 0.854. The molecule has 112 valence electrons. The van der Waals surface area contributed by atoms with E-state index in [0.717, 1.165) is 5.56 Å². The summed E-state index contributed by atoms with van der Waals surface area (Å²) in [5.41, 5.74) is 0.761. The maximum Gasteiger partial charge on any atom is 0.165 e. The smallest absolute Gasteiger partial charge is 0.165 e. The molecule has 1 heterocycles. The average Bonchev–Trinajstić information content (AvgIpc) is 2.63. The van der Waals surface area contributed by atoms with Crippen LogP contribution < -0.4 is 10.1 Å². The van der Waals surface area contributed by atoms with E-state index in [4.69, 9.17) is 4.74 Å². The molecule has 2 rings (SSSR count). The van der Waals surface area contributed by atoms with Crippen molar-refractivity contribution in [2.75, 3.05) is 18.6 Å². The van der Waals surface area contributed by atoms with Gasteiger partial charge in [-0.3, -0.25) is 0 Å². The SMILES string of the molecule is CNC(C)c1ccc(OC2CS(=O)(=O)CC2O)c(F)c1. The fourth-order valence-electron chi connectivity index (χ4n) is 2.12. The van der Waals surface area contributed by atoms with Crippen LogP contribution in [0.1, 0.15) is 18.5 Å². The van der Waals surface area contributed by atoms with E-state index in [9.17, 15) is 17.9 Å². The minimum absolute atomic E-state index is 0.00370. The number of halogens is 1. The third-order valence-corrected chi connectivity index (χ3v) is 5.13. The van der Waals surface area contributed by atoms with Gasteiger partial charge in [-0.1, -0.05) is 6.07 Å². The van der Waals surface area contributed by atoms with Crippen molar-refractivity contribution in [3.05, 3.63) is 29.6 Å². The molecule has 3 unspecified atom stereocenters. The molecule has 0 saturated carbocycles. The zero-order valence-corrected chi connectivity index (χ0v) is 12.2. The molecule has 5 nitrogen and oxygen atoms in total. The minimum atomic E-state index is -3.31. The summed E-state index contributed by atoms with van der Waals surface area (Å²) in [5.74, 6) is -1.24. The Morgan fingerprint density at radius 3 is 2.65 bits per heavy atom. The molecular formula is C13H18FNO4S. The van der Waals surface area contributed by atoms with Crippen LogP contribution in [0.4, 0.5) is 4.39 Å². The Bertz CT molecular complexity index is 590. The van der Waals surface area contributed by atoms with Gasteiger partial charge in [-0.05, 0) is 31.7 Å². The van der Waals surface area contributed by atoms with Gasteiger partial charge >= 0.3 is 0 Å². The Labute approximate surface area is 117 Å². The molecule has 0 bridgehead atoms. The van der Waals surface area contributed by atoms with Crippen LogP contribution in [0.5, 0.6) is 5.75 Å². The predicted octanol–water partition coefficient (Wildman–Crippen LogP) is 0.643. The molecule has 1 saturated heterocycles. The second-order valence-electron chi connectivity index (χ2n) is 5.00. The number of hydrogen-bond acceptors (Lipinski definition) is 5. The van der Waals surface area contributed by atoms with Gasteiger partial charge in [-0.15, -0.1) is 0 Å². The standard InChI is InChI=1S/C13H18FNO4S/c1-8(15-2)9-3-4-12(10(14)5-9)19-13-7-20(17,18)6-11(13)16/h3-5,8,11,13,15-16H,6-7H2,1-2H3. The second kappa shape index (κ2) is 5.67. The minimum Gasteiger partial charge on any atom is -0.484 e. The van der Waals surface area contributed by atoms with Crippen LogP contribution >= 0.6 is 0 Å². The van der Waals surface area contributed by atoms with Crippen molar-refractivity contribution in [2.45, 2.75) is 25.2 Å². The first kappa shape index (κ1) is 15.2. The highest BCUT2D eigenvalue weighted by molar-refractivity contribution is 7.91. The molecule has 1 fully saturated rings. The van der Waals surface area contributed by atoms with E-state index >= 15 is 0 Å². The van der Waals surface area contributed by atoms with E-state index in [2.05, 4.69) is 5.32 Å². The third kappa shape index (κ3) is 3.28. The van der Waals surface area contributed by atoms with Crippen molar-refractivity contribution in [3.63, 3.8) is 0 Å². The Balaban J connectivity index is 2.15. The molecule has 1 aromatic rings. The largest absolute Gasteiger partial charge is 0.484 e. The van der Waals surface area contributed by atoms with E-state index in [0.29, 0.717) is 0 Å². The molecule has 0 radical (unpaired) electrons. The molecule has 0 aromatic heterocycles. The Kier molecular flexibility index (Phi) is 4.31. The van der Waals surface area contributed by atoms with Crippen LogP contribution in [0.25, 0.3) is 0 Å². The van der Waals surface area contributed by atoms with E-state index in [1.165, 1.54) is 12.1 Å². The molecule has 1 aliphatic rings. The number of rotatable bonds is 4. The van der Waals surface area contributed by atoms with Gasteiger partial charge in [0, 0.05) is 6.04 Å². The van der Waals surface area contributed by atoms with Gasteiger partial charge < -0.3 is 15.2 Å². The van der Waals surface area contributed by atoms with Gasteiger partial charge in [0.05, 0.1) is 11.5 Å². The van der Waals surface area contributed by atoms with E-state index < -0.39 is 27.9 Å². The van der Waals surface area contributed by atoms with Crippen LogP contribution in [-0.2, 0) is 9.84 Å². The molecule has 3 atom stereocenters. The molecule has 1 aromatic carbocycles. The van der Waals surface area contributed by atoms with Crippen molar-refractivity contribution in [3.8, 4) is 5.75 Å². The number of aliphatic hydroxyl groups is 1. The number of ether oxygens (including phenoxy) is 1. The topological polar surface area (TPSA) is 75.6 Å². The Morgan fingerprint density at radius 1 is 1.45 bits per heavy atom. The summed E-state index contributed by atoms with van der Waals surface area (Å²) in [4.78, 5) is 0. The number of aliphatic hydroxyl groups excluding tert-OH is 1. The fraction of sp³-hybridized carbons (Fsp3) is 0.538. The summed E-state index contributed by atoms with van der Waals surface area (Å²) < 4.78 is 42.0. The van der Waals surface area contributed by atoms with Gasteiger partial charge in [-0.25, -0.2) is 12.8 Å². The molecule has 1 aliphatic heterocycles. The predicted molar refractivity (Wildman–Crippen MR) is 73.0 cm³/mol. The van der Waals surface area contributed by atoms with Gasteiger partial charge in [0.15, 0.2) is 21.4 Å². The highest BCUT2D eigenvalue weighted by Crippen LogP contribution is 2.25. The van der Waals surface area contributed by atoms with Gasteiger partial charge in [-0.2, -0.15) is 0 Å². The molecule has 20 heavy (non-hydrogen) atoms. The van der Waals surface area contributed by atoms with Crippen molar-refractivity contribution >= 4 is 9.84 Å². The highest BCUT2D eigenvalue weighted by Gasteiger charge is 2.38.